The minimum atomic E-state index is -1.09. The molecule has 1 amide bonds. The Bertz CT molecular complexity index is 731. The molecule has 108 valence electrons. The maximum absolute atomic E-state index is 13.0. The maximum atomic E-state index is 13.0. The van der Waals surface area contributed by atoms with E-state index in [-0.39, 0.29) is 5.56 Å². The van der Waals surface area contributed by atoms with Gasteiger partial charge in [-0.3, -0.25) is 4.79 Å². The van der Waals surface area contributed by atoms with Gasteiger partial charge in [-0.15, -0.1) is 0 Å². The highest BCUT2D eigenvalue weighted by Crippen LogP contribution is 2.21. The first-order chi connectivity index (χ1) is 9.86. The molecule has 2 N–H and O–H groups in total. The lowest BCUT2D eigenvalue weighted by Crippen LogP contribution is -2.14. The first-order valence-electron chi connectivity index (χ1n) is 5.98. The maximum Gasteiger partial charge on any atom is 0.335 e. The number of amides is 1. The van der Waals surface area contributed by atoms with E-state index >= 15 is 0 Å². The standard InChI is InChI=1S/C15H11BrFNO3/c1-8-4-11(17)2-3-13(8)14(19)18-12-6-9(15(20)21)5-10(16)7-12/h2-7H,1H3,(H,18,19)(H,20,21). The second-order valence-electron chi connectivity index (χ2n) is 4.45. The predicted octanol–water partition coefficient (Wildman–Crippen LogP) is 3.85. The van der Waals surface area contributed by atoms with Crippen molar-refractivity contribution in [2.75, 3.05) is 5.32 Å². The van der Waals surface area contributed by atoms with Crippen molar-refractivity contribution in [1.29, 1.82) is 0 Å². The first kappa shape index (κ1) is 15.2. The molecule has 0 bridgehead atoms. The Hall–Kier alpha value is -2.21. The number of hydrogen-bond acceptors (Lipinski definition) is 2. The van der Waals surface area contributed by atoms with E-state index in [4.69, 9.17) is 5.11 Å². The van der Waals surface area contributed by atoms with Crippen LogP contribution in [0.3, 0.4) is 0 Å². The van der Waals surface area contributed by atoms with E-state index in [2.05, 4.69) is 21.2 Å². The number of aryl methyl sites for hydroxylation is 1. The molecule has 0 saturated carbocycles. The van der Waals surface area contributed by atoms with Gasteiger partial charge in [-0.2, -0.15) is 0 Å². The van der Waals surface area contributed by atoms with Gasteiger partial charge in [-0.1, -0.05) is 15.9 Å². The van der Waals surface area contributed by atoms with Gasteiger partial charge in [0.25, 0.3) is 5.91 Å². The molecule has 4 nitrogen and oxygen atoms in total. The third-order valence-corrected chi connectivity index (χ3v) is 3.29. The van der Waals surface area contributed by atoms with Crippen molar-refractivity contribution in [3.05, 3.63) is 63.4 Å². The lowest BCUT2D eigenvalue weighted by atomic mass is 10.1. The summed E-state index contributed by atoms with van der Waals surface area (Å²) < 4.78 is 13.6. The van der Waals surface area contributed by atoms with Gasteiger partial charge in [-0.25, -0.2) is 9.18 Å². The Morgan fingerprint density at radius 3 is 2.52 bits per heavy atom. The highest BCUT2D eigenvalue weighted by molar-refractivity contribution is 9.10. The molecule has 0 unspecified atom stereocenters. The number of rotatable bonds is 3. The summed E-state index contributed by atoms with van der Waals surface area (Å²) in [6, 6.07) is 8.22. The number of halogens is 2. The van der Waals surface area contributed by atoms with E-state index in [1.807, 2.05) is 0 Å². The number of benzene rings is 2. The van der Waals surface area contributed by atoms with E-state index in [1.54, 1.807) is 13.0 Å². The Morgan fingerprint density at radius 2 is 1.90 bits per heavy atom. The summed E-state index contributed by atoms with van der Waals surface area (Å²) in [6.45, 7) is 1.63. The summed E-state index contributed by atoms with van der Waals surface area (Å²) in [5, 5.41) is 11.6. The SMILES string of the molecule is Cc1cc(F)ccc1C(=O)Nc1cc(Br)cc(C(=O)O)c1. The van der Waals surface area contributed by atoms with Crippen LogP contribution < -0.4 is 5.32 Å². The molecule has 0 spiro atoms. The van der Waals surface area contributed by atoms with Crippen molar-refractivity contribution in [3.63, 3.8) is 0 Å². The van der Waals surface area contributed by atoms with E-state index in [1.165, 1.54) is 30.3 Å². The van der Waals surface area contributed by atoms with Crippen molar-refractivity contribution >= 4 is 33.5 Å². The second kappa shape index (κ2) is 6.05. The summed E-state index contributed by atoms with van der Waals surface area (Å²) in [5.41, 5.74) is 1.22. The van der Waals surface area contributed by atoms with Gasteiger partial charge in [0, 0.05) is 15.7 Å². The zero-order chi connectivity index (χ0) is 15.6. The first-order valence-corrected chi connectivity index (χ1v) is 6.77. The molecular weight excluding hydrogens is 341 g/mol. The van der Waals surface area contributed by atoms with Gasteiger partial charge in [-0.05, 0) is 48.9 Å². The minimum Gasteiger partial charge on any atom is -0.478 e. The molecule has 0 aliphatic rings. The Morgan fingerprint density at radius 1 is 1.19 bits per heavy atom. The molecule has 6 heteroatoms. The molecule has 0 heterocycles. The molecule has 2 aromatic rings. The number of carboxylic acid groups (broad SMARTS) is 1. The Labute approximate surface area is 128 Å². The topological polar surface area (TPSA) is 66.4 Å². The van der Waals surface area contributed by atoms with Crippen LogP contribution in [-0.4, -0.2) is 17.0 Å². The lowest BCUT2D eigenvalue weighted by Gasteiger charge is -2.09. The minimum absolute atomic E-state index is 0.0514. The fourth-order valence-corrected chi connectivity index (χ4v) is 2.36. The molecular formula is C15H11BrFNO3. The molecule has 0 aromatic heterocycles. The second-order valence-corrected chi connectivity index (χ2v) is 5.36. The van der Waals surface area contributed by atoms with Crippen LogP contribution in [-0.2, 0) is 0 Å². The van der Waals surface area contributed by atoms with E-state index in [0.717, 1.165) is 0 Å². The fraction of sp³-hybridized carbons (Fsp3) is 0.0667. The summed E-state index contributed by atoms with van der Waals surface area (Å²) >= 11 is 3.19. The molecule has 0 radical (unpaired) electrons. The number of hydrogen-bond donors (Lipinski definition) is 2. The quantitative estimate of drug-likeness (QED) is 0.882. The highest BCUT2D eigenvalue weighted by atomic mass is 79.9. The number of nitrogens with one attached hydrogen (secondary N) is 1. The lowest BCUT2D eigenvalue weighted by molar-refractivity contribution is 0.0696. The van der Waals surface area contributed by atoms with Crippen molar-refractivity contribution in [2.24, 2.45) is 0 Å². The van der Waals surface area contributed by atoms with Crippen LogP contribution in [0.15, 0.2) is 40.9 Å². The van der Waals surface area contributed by atoms with Crippen molar-refractivity contribution in [1.82, 2.24) is 0 Å². The van der Waals surface area contributed by atoms with Gasteiger partial charge in [0.05, 0.1) is 5.56 Å². The number of carbonyl (C=O) groups is 2. The highest BCUT2D eigenvalue weighted by Gasteiger charge is 2.12. The molecule has 2 aromatic carbocycles. The summed E-state index contributed by atoms with van der Waals surface area (Å²) in [7, 11) is 0. The van der Waals surface area contributed by atoms with Crippen molar-refractivity contribution in [2.45, 2.75) is 6.92 Å². The van der Waals surface area contributed by atoms with Crippen molar-refractivity contribution < 1.29 is 19.1 Å². The normalized spacial score (nSPS) is 10.2. The van der Waals surface area contributed by atoms with Gasteiger partial charge in [0.15, 0.2) is 0 Å². The average Bonchev–Trinajstić information content (AvgIpc) is 2.37. The van der Waals surface area contributed by atoms with Crippen LogP contribution in [0.1, 0.15) is 26.3 Å². The smallest absolute Gasteiger partial charge is 0.335 e. The van der Waals surface area contributed by atoms with Gasteiger partial charge in [0.2, 0.25) is 0 Å². The van der Waals surface area contributed by atoms with Crippen LogP contribution in [0, 0.1) is 12.7 Å². The number of aromatic carboxylic acids is 1. The van der Waals surface area contributed by atoms with E-state index < -0.39 is 17.7 Å². The molecule has 21 heavy (non-hydrogen) atoms. The Kier molecular flexibility index (Phi) is 4.37. The van der Waals surface area contributed by atoms with Gasteiger partial charge in [0.1, 0.15) is 5.82 Å². The molecule has 0 atom stereocenters. The van der Waals surface area contributed by atoms with Gasteiger partial charge >= 0.3 is 5.97 Å². The van der Waals surface area contributed by atoms with Crippen LogP contribution >= 0.6 is 15.9 Å². The van der Waals surface area contributed by atoms with Crippen LogP contribution in [0.5, 0.6) is 0 Å². The van der Waals surface area contributed by atoms with E-state index in [9.17, 15) is 14.0 Å². The molecule has 0 saturated heterocycles. The van der Waals surface area contributed by atoms with Gasteiger partial charge < -0.3 is 10.4 Å². The monoisotopic (exact) mass is 351 g/mol. The summed E-state index contributed by atoms with van der Waals surface area (Å²) in [5.74, 6) is -1.94. The predicted molar refractivity (Wildman–Crippen MR) is 80.2 cm³/mol. The molecule has 2 rings (SSSR count). The van der Waals surface area contributed by atoms with Crippen LogP contribution in [0.4, 0.5) is 10.1 Å². The number of carboxylic acids is 1. The number of anilines is 1. The number of carbonyl (C=O) groups excluding carboxylic acids is 1. The third kappa shape index (κ3) is 3.66. The molecule has 0 fully saturated rings. The zero-order valence-corrected chi connectivity index (χ0v) is 12.6. The fourth-order valence-electron chi connectivity index (χ4n) is 1.87. The third-order valence-electron chi connectivity index (χ3n) is 2.84. The Balaban J connectivity index is 2.29. The largest absolute Gasteiger partial charge is 0.478 e. The summed E-state index contributed by atoms with van der Waals surface area (Å²) in [6.07, 6.45) is 0. The van der Waals surface area contributed by atoms with Crippen LogP contribution in [0.2, 0.25) is 0 Å². The average molecular weight is 352 g/mol. The van der Waals surface area contributed by atoms with E-state index in [0.29, 0.717) is 21.3 Å². The molecule has 0 aliphatic carbocycles. The zero-order valence-electron chi connectivity index (χ0n) is 11.0. The van der Waals surface area contributed by atoms with Crippen molar-refractivity contribution in [3.8, 4) is 0 Å². The summed E-state index contributed by atoms with van der Waals surface area (Å²) in [4.78, 5) is 23.1. The van der Waals surface area contributed by atoms with Crippen LogP contribution in [0.25, 0.3) is 0 Å². The molecule has 0 aliphatic heterocycles.